The van der Waals surface area contributed by atoms with Gasteiger partial charge in [0.05, 0.1) is 10.5 Å². The molecular weight excluding hydrogens is 256 g/mol. The minimum absolute atomic E-state index is 0.0891. The number of halogens is 2. The fraction of sp³-hybridized carbons (Fsp3) is 0.111. The lowest BCUT2D eigenvalue weighted by Crippen LogP contribution is -2.11. The maximum atomic E-state index is 12.0. The minimum atomic E-state index is -3.29. The number of nitro benzene ring substituents is 1. The van der Waals surface area contributed by atoms with Crippen molar-refractivity contribution in [2.45, 2.75) is 6.61 Å². The number of aldehydes is 1. The SMILES string of the molecule is O=Cc1c(OC(F)F)ccc([N+](=O)[O-])c1C(=O)O. The quantitative estimate of drug-likeness (QED) is 0.491. The minimum Gasteiger partial charge on any atom is -0.477 e. The molecule has 0 fully saturated rings. The lowest BCUT2D eigenvalue weighted by atomic mass is 10.1. The Hall–Kier alpha value is -2.58. The molecule has 0 unspecified atom stereocenters. The van der Waals surface area contributed by atoms with Crippen molar-refractivity contribution >= 4 is 17.9 Å². The zero-order valence-electron chi connectivity index (χ0n) is 8.50. The Balaban J connectivity index is 3.52. The zero-order chi connectivity index (χ0) is 13.9. The highest BCUT2D eigenvalue weighted by Gasteiger charge is 2.27. The van der Waals surface area contributed by atoms with E-state index in [-0.39, 0.29) is 6.29 Å². The van der Waals surface area contributed by atoms with Crippen LogP contribution in [0.3, 0.4) is 0 Å². The monoisotopic (exact) mass is 261 g/mol. The Morgan fingerprint density at radius 2 is 2.11 bits per heavy atom. The summed E-state index contributed by atoms with van der Waals surface area (Å²) in [7, 11) is 0. The van der Waals surface area contributed by atoms with Crippen molar-refractivity contribution in [3.8, 4) is 5.75 Å². The number of carboxylic acids is 1. The van der Waals surface area contributed by atoms with Crippen LogP contribution in [0.2, 0.25) is 0 Å². The number of ether oxygens (including phenoxy) is 1. The average molecular weight is 261 g/mol. The van der Waals surface area contributed by atoms with Gasteiger partial charge < -0.3 is 9.84 Å². The Labute approximate surface area is 97.7 Å². The van der Waals surface area contributed by atoms with Gasteiger partial charge >= 0.3 is 12.6 Å². The summed E-state index contributed by atoms with van der Waals surface area (Å²) in [6, 6.07) is 1.41. The first-order valence-electron chi connectivity index (χ1n) is 4.33. The van der Waals surface area contributed by atoms with E-state index < -0.39 is 40.1 Å². The smallest absolute Gasteiger partial charge is 0.387 e. The van der Waals surface area contributed by atoms with Gasteiger partial charge in [0.1, 0.15) is 5.75 Å². The molecule has 0 spiro atoms. The standard InChI is InChI=1S/C9H5F2NO6/c10-9(11)18-6-2-1-5(12(16)17)7(8(14)15)4(6)3-13/h1-3,9H,(H,14,15). The molecule has 0 saturated carbocycles. The highest BCUT2D eigenvalue weighted by molar-refractivity contribution is 6.02. The molecular formula is C9H5F2NO6. The van der Waals surface area contributed by atoms with Crippen molar-refractivity contribution < 1.29 is 33.1 Å². The van der Waals surface area contributed by atoms with Gasteiger partial charge in [0.15, 0.2) is 11.8 Å². The molecule has 0 aliphatic heterocycles. The second-order valence-electron chi connectivity index (χ2n) is 2.93. The normalized spacial score (nSPS) is 10.2. The summed E-state index contributed by atoms with van der Waals surface area (Å²) in [5.41, 5.74) is -2.68. The topological polar surface area (TPSA) is 107 Å². The Bertz CT molecular complexity index is 516. The molecule has 0 aliphatic rings. The molecule has 9 heteroatoms. The van der Waals surface area contributed by atoms with E-state index in [1.807, 2.05) is 0 Å². The number of hydrogen-bond acceptors (Lipinski definition) is 5. The van der Waals surface area contributed by atoms with E-state index in [0.717, 1.165) is 6.07 Å². The summed E-state index contributed by atoms with van der Waals surface area (Å²) in [6.07, 6.45) is -0.0891. The van der Waals surface area contributed by atoms with Crippen molar-refractivity contribution in [2.24, 2.45) is 0 Å². The number of carbonyl (C=O) groups is 2. The molecule has 0 aromatic heterocycles. The number of carboxylic acid groups (broad SMARTS) is 1. The van der Waals surface area contributed by atoms with Crippen LogP contribution >= 0.6 is 0 Å². The highest BCUT2D eigenvalue weighted by Crippen LogP contribution is 2.30. The summed E-state index contributed by atoms with van der Waals surface area (Å²) in [5.74, 6) is -2.52. The number of benzene rings is 1. The van der Waals surface area contributed by atoms with E-state index in [1.54, 1.807) is 0 Å². The molecule has 1 aromatic rings. The fourth-order valence-corrected chi connectivity index (χ4v) is 1.28. The number of aromatic carboxylic acids is 1. The third kappa shape index (κ3) is 2.56. The van der Waals surface area contributed by atoms with Crippen LogP contribution in [0.25, 0.3) is 0 Å². The first-order chi connectivity index (χ1) is 8.38. The van der Waals surface area contributed by atoms with Gasteiger partial charge in [-0.15, -0.1) is 0 Å². The van der Waals surface area contributed by atoms with E-state index in [1.165, 1.54) is 0 Å². The van der Waals surface area contributed by atoms with E-state index in [2.05, 4.69) is 4.74 Å². The Morgan fingerprint density at radius 3 is 2.50 bits per heavy atom. The summed E-state index contributed by atoms with van der Waals surface area (Å²) >= 11 is 0. The predicted octanol–water partition coefficient (Wildman–Crippen LogP) is 1.71. The van der Waals surface area contributed by atoms with Crippen LogP contribution in [-0.2, 0) is 0 Å². The predicted molar refractivity (Wildman–Crippen MR) is 52.1 cm³/mol. The molecule has 0 aliphatic carbocycles. The number of nitro groups is 1. The van der Waals surface area contributed by atoms with Gasteiger partial charge in [0.25, 0.3) is 5.69 Å². The molecule has 0 saturated heterocycles. The maximum absolute atomic E-state index is 12.0. The van der Waals surface area contributed by atoms with Crippen LogP contribution in [0.15, 0.2) is 12.1 Å². The molecule has 1 rings (SSSR count). The second-order valence-corrected chi connectivity index (χ2v) is 2.93. The molecule has 0 atom stereocenters. The van der Waals surface area contributed by atoms with E-state index >= 15 is 0 Å². The summed E-state index contributed by atoms with van der Waals surface area (Å²) in [5, 5.41) is 19.3. The van der Waals surface area contributed by atoms with Gasteiger partial charge in [0.2, 0.25) is 0 Å². The molecule has 7 nitrogen and oxygen atoms in total. The van der Waals surface area contributed by atoms with Crippen LogP contribution in [0.1, 0.15) is 20.7 Å². The van der Waals surface area contributed by atoms with E-state index in [0.29, 0.717) is 6.07 Å². The number of nitrogens with zero attached hydrogens (tertiary/aromatic N) is 1. The van der Waals surface area contributed by atoms with Crippen molar-refractivity contribution in [3.63, 3.8) is 0 Å². The van der Waals surface area contributed by atoms with Crippen LogP contribution < -0.4 is 4.74 Å². The van der Waals surface area contributed by atoms with Gasteiger partial charge in [-0.2, -0.15) is 8.78 Å². The number of rotatable bonds is 5. The Kier molecular flexibility index (Phi) is 3.87. The maximum Gasteiger partial charge on any atom is 0.387 e. The van der Waals surface area contributed by atoms with E-state index in [9.17, 15) is 28.5 Å². The average Bonchev–Trinajstić information content (AvgIpc) is 2.26. The number of hydrogen-bond donors (Lipinski definition) is 1. The van der Waals surface area contributed by atoms with Gasteiger partial charge in [0, 0.05) is 6.07 Å². The Morgan fingerprint density at radius 1 is 1.50 bits per heavy atom. The third-order valence-corrected chi connectivity index (χ3v) is 1.93. The molecule has 0 bridgehead atoms. The molecule has 96 valence electrons. The second kappa shape index (κ2) is 5.17. The van der Waals surface area contributed by atoms with Crippen molar-refractivity contribution in [2.75, 3.05) is 0 Å². The van der Waals surface area contributed by atoms with Crippen molar-refractivity contribution in [1.29, 1.82) is 0 Å². The van der Waals surface area contributed by atoms with Crippen LogP contribution in [-0.4, -0.2) is 28.9 Å². The van der Waals surface area contributed by atoms with Crippen LogP contribution in [0, 0.1) is 10.1 Å². The third-order valence-electron chi connectivity index (χ3n) is 1.93. The molecule has 18 heavy (non-hydrogen) atoms. The first kappa shape index (κ1) is 13.5. The summed E-state index contributed by atoms with van der Waals surface area (Å²) < 4.78 is 27.9. The van der Waals surface area contributed by atoms with Crippen molar-refractivity contribution in [1.82, 2.24) is 0 Å². The molecule has 0 radical (unpaired) electrons. The van der Waals surface area contributed by atoms with Crippen LogP contribution in [0.4, 0.5) is 14.5 Å². The van der Waals surface area contributed by atoms with Gasteiger partial charge in [-0.25, -0.2) is 4.79 Å². The zero-order valence-corrected chi connectivity index (χ0v) is 8.50. The number of alkyl halides is 2. The lowest BCUT2D eigenvalue weighted by Gasteiger charge is -2.09. The molecule has 1 aromatic carbocycles. The number of carbonyl (C=O) groups excluding carboxylic acids is 1. The van der Waals surface area contributed by atoms with Gasteiger partial charge in [-0.1, -0.05) is 0 Å². The lowest BCUT2D eigenvalue weighted by molar-refractivity contribution is -0.385. The highest BCUT2D eigenvalue weighted by atomic mass is 19.3. The van der Waals surface area contributed by atoms with Crippen LogP contribution in [0.5, 0.6) is 5.75 Å². The summed E-state index contributed by atoms with van der Waals surface area (Å²) in [6.45, 7) is -3.29. The van der Waals surface area contributed by atoms with E-state index in [4.69, 9.17) is 5.11 Å². The summed E-state index contributed by atoms with van der Waals surface area (Å²) in [4.78, 5) is 31.1. The first-order valence-corrected chi connectivity index (χ1v) is 4.33. The van der Waals surface area contributed by atoms with Gasteiger partial charge in [-0.05, 0) is 6.07 Å². The molecule has 1 N–H and O–H groups in total. The molecule has 0 amide bonds. The largest absolute Gasteiger partial charge is 0.477 e. The molecule has 0 heterocycles. The van der Waals surface area contributed by atoms with Crippen molar-refractivity contribution in [3.05, 3.63) is 33.4 Å². The fourth-order valence-electron chi connectivity index (χ4n) is 1.28. The van der Waals surface area contributed by atoms with Gasteiger partial charge in [-0.3, -0.25) is 14.9 Å².